The van der Waals surface area contributed by atoms with Gasteiger partial charge >= 0.3 is 0 Å². The van der Waals surface area contributed by atoms with Gasteiger partial charge in [0.05, 0.1) is 5.69 Å². The van der Waals surface area contributed by atoms with E-state index >= 15 is 0 Å². The van der Waals surface area contributed by atoms with Crippen molar-refractivity contribution in [1.82, 2.24) is 5.16 Å². The minimum Gasteiger partial charge on any atom is -0.353 e. The highest BCUT2D eigenvalue weighted by Crippen LogP contribution is 2.32. The summed E-state index contributed by atoms with van der Waals surface area (Å²) in [6, 6.07) is 1.71. The van der Waals surface area contributed by atoms with Crippen LogP contribution >= 0.6 is 0 Å². The van der Waals surface area contributed by atoms with Gasteiger partial charge in [-0.05, 0) is 25.2 Å². The molecule has 1 aromatic heterocycles. The van der Waals surface area contributed by atoms with E-state index < -0.39 is 0 Å². The molecular weight excluding hydrogens is 142 g/mol. The van der Waals surface area contributed by atoms with E-state index in [2.05, 4.69) is 5.16 Å². The highest BCUT2D eigenvalue weighted by Gasteiger charge is 2.22. The highest BCUT2D eigenvalue weighted by molar-refractivity contribution is 5.70. The maximum absolute atomic E-state index is 10.2. The Morgan fingerprint density at radius 3 is 3.09 bits per heavy atom. The number of carbonyl (C=O) groups is 1. The molecule has 0 aromatic carbocycles. The lowest BCUT2D eigenvalue weighted by atomic mass is 10.2. The van der Waals surface area contributed by atoms with Crippen LogP contribution in [0.1, 0.15) is 29.1 Å². The molecule has 0 spiro atoms. The number of hydrogen-bond donors (Lipinski definition) is 0. The summed E-state index contributed by atoms with van der Waals surface area (Å²) >= 11 is 0. The molecule has 0 aliphatic heterocycles. The number of aldehydes is 1. The van der Waals surface area contributed by atoms with Gasteiger partial charge < -0.3 is 4.52 Å². The standard InChI is InChI=1S/C8H9NO2/c10-5-8-4-7(9-11-8)3-6-1-2-6/h4-6H,1-3H2. The third-order valence-electron chi connectivity index (χ3n) is 1.89. The molecule has 0 bridgehead atoms. The maximum Gasteiger partial charge on any atom is 0.199 e. The Morgan fingerprint density at radius 1 is 1.73 bits per heavy atom. The van der Waals surface area contributed by atoms with E-state index in [4.69, 9.17) is 4.52 Å². The van der Waals surface area contributed by atoms with Crippen LogP contribution in [-0.4, -0.2) is 11.4 Å². The molecule has 3 nitrogen and oxygen atoms in total. The Morgan fingerprint density at radius 2 is 2.55 bits per heavy atom. The van der Waals surface area contributed by atoms with Gasteiger partial charge in [0.25, 0.3) is 0 Å². The van der Waals surface area contributed by atoms with Gasteiger partial charge in [-0.25, -0.2) is 0 Å². The monoisotopic (exact) mass is 151 g/mol. The summed E-state index contributed by atoms with van der Waals surface area (Å²) in [6.45, 7) is 0. The lowest BCUT2D eigenvalue weighted by Gasteiger charge is -1.85. The first-order valence-corrected chi connectivity index (χ1v) is 3.79. The normalized spacial score (nSPS) is 16.7. The van der Waals surface area contributed by atoms with Gasteiger partial charge in [-0.3, -0.25) is 4.79 Å². The van der Waals surface area contributed by atoms with Crippen LogP contribution in [0.3, 0.4) is 0 Å². The number of rotatable bonds is 3. The first kappa shape index (κ1) is 6.58. The second-order valence-electron chi connectivity index (χ2n) is 2.99. The zero-order chi connectivity index (χ0) is 7.68. The number of hydrogen-bond acceptors (Lipinski definition) is 3. The highest BCUT2D eigenvalue weighted by atomic mass is 16.5. The molecule has 0 N–H and O–H groups in total. The molecule has 0 unspecified atom stereocenters. The summed E-state index contributed by atoms with van der Waals surface area (Å²) in [5.41, 5.74) is 0.912. The van der Waals surface area contributed by atoms with Crippen molar-refractivity contribution in [2.24, 2.45) is 5.92 Å². The third-order valence-corrected chi connectivity index (χ3v) is 1.89. The maximum atomic E-state index is 10.2. The Balaban J connectivity index is 2.05. The van der Waals surface area contributed by atoms with Crippen LogP contribution in [0, 0.1) is 5.92 Å². The molecule has 1 aliphatic carbocycles. The lowest BCUT2D eigenvalue weighted by molar-refractivity contribution is 0.109. The minimum absolute atomic E-state index is 0.334. The Bertz CT molecular complexity index is 263. The average Bonchev–Trinajstić information content (AvgIpc) is 2.68. The molecule has 1 saturated carbocycles. The second-order valence-corrected chi connectivity index (χ2v) is 2.99. The largest absolute Gasteiger partial charge is 0.353 e. The molecule has 58 valence electrons. The van der Waals surface area contributed by atoms with Crippen LogP contribution in [0.25, 0.3) is 0 Å². The van der Waals surface area contributed by atoms with Crippen molar-refractivity contribution in [2.45, 2.75) is 19.3 Å². The van der Waals surface area contributed by atoms with E-state index in [0.717, 1.165) is 18.0 Å². The molecule has 2 rings (SSSR count). The Kier molecular flexibility index (Phi) is 1.49. The first-order valence-electron chi connectivity index (χ1n) is 3.79. The van der Waals surface area contributed by atoms with E-state index in [1.807, 2.05) is 0 Å². The van der Waals surface area contributed by atoms with Gasteiger partial charge in [-0.2, -0.15) is 0 Å². The van der Waals surface area contributed by atoms with E-state index in [9.17, 15) is 4.79 Å². The molecular formula is C8H9NO2. The minimum atomic E-state index is 0.334. The van der Waals surface area contributed by atoms with Crippen LogP contribution in [0.2, 0.25) is 0 Å². The molecule has 11 heavy (non-hydrogen) atoms. The predicted molar refractivity (Wildman–Crippen MR) is 38.3 cm³/mol. The van der Waals surface area contributed by atoms with Crippen molar-refractivity contribution in [3.8, 4) is 0 Å². The molecule has 0 radical (unpaired) electrons. The van der Waals surface area contributed by atoms with Gasteiger partial charge in [0.1, 0.15) is 0 Å². The SMILES string of the molecule is O=Cc1cc(CC2CC2)no1. The van der Waals surface area contributed by atoms with E-state index in [-0.39, 0.29) is 0 Å². The summed E-state index contributed by atoms with van der Waals surface area (Å²) in [5.74, 6) is 1.13. The van der Waals surface area contributed by atoms with Crippen molar-refractivity contribution in [1.29, 1.82) is 0 Å². The number of nitrogens with zero attached hydrogens (tertiary/aromatic N) is 1. The molecule has 0 atom stereocenters. The van der Waals surface area contributed by atoms with Crippen LogP contribution in [0.5, 0.6) is 0 Å². The van der Waals surface area contributed by atoms with Gasteiger partial charge in [0.2, 0.25) is 0 Å². The molecule has 3 heteroatoms. The van der Waals surface area contributed by atoms with Crippen molar-refractivity contribution >= 4 is 6.29 Å². The van der Waals surface area contributed by atoms with E-state index in [1.165, 1.54) is 12.8 Å². The number of carbonyl (C=O) groups excluding carboxylic acids is 1. The summed E-state index contributed by atoms with van der Waals surface area (Å²) < 4.78 is 4.72. The fourth-order valence-electron chi connectivity index (χ4n) is 1.10. The lowest BCUT2D eigenvalue weighted by Crippen LogP contribution is -1.84. The van der Waals surface area contributed by atoms with Crippen molar-refractivity contribution in [3.05, 3.63) is 17.5 Å². The van der Waals surface area contributed by atoms with Crippen LogP contribution < -0.4 is 0 Å². The van der Waals surface area contributed by atoms with Crippen molar-refractivity contribution < 1.29 is 9.32 Å². The van der Waals surface area contributed by atoms with Crippen molar-refractivity contribution in [3.63, 3.8) is 0 Å². The smallest absolute Gasteiger partial charge is 0.199 e. The van der Waals surface area contributed by atoms with Crippen molar-refractivity contribution in [2.75, 3.05) is 0 Å². The predicted octanol–water partition coefficient (Wildman–Crippen LogP) is 1.44. The third kappa shape index (κ3) is 1.48. The van der Waals surface area contributed by atoms with Gasteiger partial charge in [0.15, 0.2) is 12.0 Å². The van der Waals surface area contributed by atoms with Gasteiger partial charge in [-0.1, -0.05) is 5.16 Å². The molecule has 0 amide bonds. The first-order chi connectivity index (χ1) is 5.38. The summed E-state index contributed by atoms with van der Waals surface area (Å²) in [4.78, 5) is 10.2. The summed E-state index contributed by atoms with van der Waals surface area (Å²) in [7, 11) is 0. The van der Waals surface area contributed by atoms with E-state index in [1.54, 1.807) is 6.07 Å². The van der Waals surface area contributed by atoms with Crippen LogP contribution in [0.4, 0.5) is 0 Å². The van der Waals surface area contributed by atoms with Crippen LogP contribution in [-0.2, 0) is 6.42 Å². The summed E-state index contributed by atoms with van der Waals surface area (Å²) in [5, 5.41) is 3.76. The van der Waals surface area contributed by atoms with Gasteiger partial charge in [0, 0.05) is 6.07 Å². The van der Waals surface area contributed by atoms with E-state index in [0.29, 0.717) is 12.0 Å². The average molecular weight is 151 g/mol. The zero-order valence-electron chi connectivity index (χ0n) is 6.12. The molecule has 1 aliphatic rings. The number of aromatic nitrogens is 1. The quantitative estimate of drug-likeness (QED) is 0.614. The summed E-state index contributed by atoms with van der Waals surface area (Å²) in [6.07, 6.45) is 4.24. The molecule has 0 saturated heterocycles. The molecule has 1 heterocycles. The Labute approximate surface area is 64.4 Å². The zero-order valence-corrected chi connectivity index (χ0v) is 6.12. The Hall–Kier alpha value is -1.12. The van der Waals surface area contributed by atoms with Gasteiger partial charge in [-0.15, -0.1) is 0 Å². The second kappa shape index (κ2) is 2.49. The topological polar surface area (TPSA) is 43.1 Å². The molecule has 1 fully saturated rings. The molecule has 1 aromatic rings. The fraction of sp³-hybridized carbons (Fsp3) is 0.500. The fourth-order valence-corrected chi connectivity index (χ4v) is 1.10. The van der Waals surface area contributed by atoms with Crippen LogP contribution in [0.15, 0.2) is 10.6 Å².